The van der Waals surface area contributed by atoms with E-state index in [1.807, 2.05) is 6.08 Å². The van der Waals surface area contributed by atoms with E-state index in [4.69, 9.17) is 0 Å². The molecule has 0 aliphatic rings. The number of hydrogen-bond acceptors (Lipinski definition) is 1. The van der Waals surface area contributed by atoms with Crippen molar-refractivity contribution in [1.82, 2.24) is 5.32 Å². The topological polar surface area (TPSA) is 12.0 Å². The molecule has 0 saturated heterocycles. The Bertz CT molecular complexity index is 76.5. The van der Waals surface area contributed by atoms with Crippen LogP contribution in [0.1, 0.15) is 13.3 Å². The van der Waals surface area contributed by atoms with Gasteiger partial charge in [-0.3, -0.25) is 0 Å². The minimum absolute atomic E-state index is 0.396. The van der Waals surface area contributed by atoms with E-state index < -0.39 is 0 Å². The fraction of sp³-hybridized carbons (Fsp3) is 0.429. The van der Waals surface area contributed by atoms with Crippen LogP contribution in [0.25, 0.3) is 0 Å². The average Bonchev–Trinajstić information content (AvgIpc) is 1.83. The van der Waals surface area contributed by atoms with Crippen LogP contribution in [0.4, 0.5) is 0 Å². The molecule has 0 amide bonds. The van der Waals surface area contributed by atoms with Crippen molar-refractivity contribution in [2.75, 3.05) is 0 Å². The van der Waals surface area contributed by atoms with Gasteiger partial charge in [-0.2, -0.15) is 0 Å². The zero-order chi connectivity index (χ0) is 6.41. The summed E-state index contributed by atoms with van der Waals surface area (Å²) in [4.78, 5) is 0. The van der Waals surface area contributed by atoms with Gasteiger partial charge in [0, 0.05) is 6.04 Å². The monoisotopic (exact) mass is 111 g/mol. The van der Waals surface area contributed by atoms with E-state index in [2.05, 4.69) is 25.4 Å². The van der Waals surface area contributed by atoms with Gasteiger partial charge < -0.3 is 5.32 Å². The second-order valence-electron chi connectivity index (χ2n) is 1.62. The molecule has 0 aliphatic heterocycles. The first-order chi connectivity index (χ1) is 3.85. The maximum atomic E-state index is 3.64. The van der Waals surface area contributed by atoms with Gasteiger partial charge in [0.15, 0.2) is 0 Å². The van der Waals surface area contributed by atoms with Crippen LogP contribution in [-0.2, 0) is 0 Å². The molecule has 8 heavy (non-hydrogen) atoms. The molecule has 0 spiro atoms. The summed E-state index contributed by atoms with van der Waals surface area (Å²) in [5.41, 5.74) is 0. The Kier molecular flexibility index (Phi) is 4.04. The number of hydrogen-bond donors (Lipinski definition) is 1. The molecular weight excluding hydrogens is 98.1 g/mol. The van der Waals surface area contributed by atoms with Gasteiger partial charge in [-0.15, -0.1) is 6.58 Å². The predicted octanol–water partition coefficient (Wildman–Crippen LogP) is 1.68. The number of rotatable bonds is 4. The van der Waals surface area contributed by atoms with Crippen molar-refractivity contribution >= 4 is 0 Å². The minimum Gasteiger partial charge on any atom is -0.385 e. The van der Waals surface area contributed by atoms with Crippen molar-refractivity contribution in [1.29, 1.82) is 0 Å². The molecule has 0 bridgehead atoms. The van der Waals surface area contributed by atoms with Gasteiger partial charge in [-0.1, -0.05) is 19.6 Å². The summed E-state index contributed by atoms with van der Waals surface area (Å²) in [6, 6.07) is 0.396. The normalized spacial score (nSPS) is 12.1. The molecular formula is C7H13N. The third kappa shape index (κ3) is 2.45. The first-order valence-corrected chi connectivity index (χ1v) is 2.84. The quantitative estimate of drug-likeness (QED) is 0.544. The van der Waals surface area contributed by atoms with E-state index in [-0.39, 0.29) is 0 Å². The third-order valence-electron chi connectivity index (χ3n) is 1.06. The molecule has 1 unspecified atom stereocenters. The van der Waals surface area contributed by atoms with Crippen LogP contribution in [-0.4, -0.2) is 6.04 Å². The molecule has 46 valence electrons. The fourth-order valence-electron chi connectivity index (χ4n) is 0.504. The van der Waals surface area contributed by atoms with Crippen LogP contribution in [0, 0.1) is 0 Å². The number of nitrogens with one attached hydrogen (secondary N) is 1. The van der Waals surface area contributed by atoms with Crippen molar-refractivity contribution < 1.29 is 0 Å². The first kappa shape index (κ1) is 7.28. The molecule has 1 nitrogen and oxygen atoms in total. The van der Waals surface area contributed by atoms with E-state index in [0.29, 0.717) is 6.04 Å². The second-order valence-corrected chi connectivity index (χ2v) is 1.62. The summed E-state index contributed by atoms with van der Waals surface area (Å²) in [7, 11) is 0. The standard InChI is InChI=1S/C7H13N/c1-4-7(5-2)8-6-3/h4,6-8H,1,3,5H2,2H3. The molecule has 1 atom stereocenters. The molecule has 0 saturated carbocycles. The minimum atomic E-state index is 0.396. The van der Waals surface area contributed by atoms with Crippen LogP contribution < -0.4 is 5.32 Å². The van der Waals surface area contributed by atoms with Crippen LogP contribution in [0.15, 0.2) is 25.4 Å². The molecule has 0 radical (unpaired) electrons. The highest BCUT2D eigenvalue weighted by molar-refractivity contribution is 4.87. The van der Waals surface area contributed by atoms with Crippen molar-refractivity contribution in [2.24, 2.45) is 0 Å². The average molecular weight is 111 g/mol. The summed E-state index contributed by atoms with van der Waals surface area (Å²) in [5, 5.41) is 3.03. The molecule has 1 N–H and O–H groups in total. The van der Waals surface area contributed by atoms with Crippen molar-refractivity contribution in [2.45, 2.75) is 19.4 Å². The Labute approximate surface area is 51.1 Å². The van der Waals surface area contributed by atoms with Crippen molar-refractivity contribution in [3.63, 3.8) is 0 Å². The molecule has 0 aromatic carbocycles. The lowest BCUT2D eigenvalue weighted by molar-refractivity contribution is 0.679. The Balaban J connectivity index is 3.35. The zero-order valence-electron chi connectivity index (χ0n) is 5.35. The van der Waals surface area contributed by atoms with E-state index in [1.54, 1.807) is 6.20 Å². The second kappa shape index (κ2) is 4.44. The lowest BCUT2D eigenvalue weighted by atomic mass is 10.2. The van der Waals surface area contributed by atoms with E-state index >= 15 is 0 Å². The largest absolute Gasteiger partial charge is 0.385 e. The molecule has 0 fully saturated rings. The molecule has 0 aromatic heterocycles. The fourth-order valence-corrected chi connectivity index (χ4v) is 0.504. The molecule has 0 aliphatic carbocycles. The lowest BCUT2D eigenvalue weighted by Crippen LogP contribution is -2.19. The maximum absolute atomic E-state index is 3.64. The zero-order valence-corrected chi connectivity index (χ0v) is 5.35. The van der Waals surface area contributed by atoms with Crippen molar-refractivity contribution in [3.8, 4) is 0 Å². The molecule has 0 aromatic rings. The van der Waals surface area contributed by atoms with E-state index in [9.17, 15) is 0 Å². The maximum Gasteiger partial charge on any atom is 0.0433 e. The Morgan fingerprint density at radius 2 is 2.25 bits per heavy atom. The van der Waals surface area contributed by atoms with Crippen LogP contribution >= 0.6 is 0 Å². The van der Waals surface area contributed by atoms with Gasteiger partial charge in [0.25, 0.3) is 0 Å². The van der Waals surface area contributed by atoms with Gasteiger partial charge in [0.1, 0.15) is 0 Å². The van der Waals surface area contributed by atoms with Gasteiger partial charge >= 0.3 is 0 Å². The van der Waals surface area contributed by atoms with Crippen LogP contribution in [0.3, 0.4) is 0 Å². The molecule has 0 heterocycles. The van der Waals surface area contributed by atoms with Crippen molar-refractivity contribution in [3.05, 3.63) is 25.4 Å². The van der Waals surface area contributed by atoms with Crippen LogP contribution in [0.5, 0.6) is 0 Å². The summed E-state index contributed by atoms with van der Waals surface area (Å²) < 4.78 is 0. The SMILES string of the molecule is C=CNC(C=C)CC. The first-order valence-electron chi connectivity index (χ1n) is 2.84. The third-order valence-corrected chi connectivity index (χ3v) is 1.06. The summed E-state index contributed by atoms with van der Waals surface area (Å²) in [5.74, 6) is 0. The summed E-state index contributed by atoms with van der Waals surface area (Å²) in [6.07, 6.45) is 4.63. The van der Waals surface area contributed by atoms with Gasteiger partial charge in [0.2, 0.25) is 0 Å². The highest BCUT2D eigenvalue weighted by Crippen LogP contribution is 1.88. The van der Waals surface area contributed by atoms with Crippen LogP contribution in [0.2, 0.25) is 0 Å². The smallest absolute Gasteiger partial charge is 0.0433 e. The lowest BCUT2D eigenvalue weighted by Gasteiger charge is -2.07. The molecule has 1 heteroatoms. The summed E-state index contributed by atoms with van der Waals surface area (Å²) >= 11 is 0. The van der Waals surface area contributed by atoms with Gasteiger partial charge in [0.05, 0.1) is 0 Å². The Hall–Kier alpha value is -0.720. The highest BCUT2D eigenvalue weighted by atomic mass is 14.9. The highest BCUT2D eigenvalue weighted by Gasteiger charge is 1.91. The van der Waals surface area contributed by atoms with Gasteiger partial charge in [-0.05, 0) is 12.6 Å². The summed E-state index contributed by atoms with van der Waals surface area (Å²) in [6.45, 7) is 9.28. The van der Waals surface area contributed by atoms with E-state index in [1.165, 1.54) is 0 Å². The Morgan fingerprint density at radius 3 is 2.38 bits per heavy atom. The van der Waals surface area contributed by atoms with Gasteiger partial charge in [-0.25, -0.2) is 0 Å². The molecule has 0 rings (SSSR count). The Morgan fingerprint density at radius 1 is 1.62 bits per heavy atom. The van der Waals surface area contributed by atoms with E-state index in [0.717, 1.165) is 6.42 Å². The predicted molar refractivity (Wildman–Crippen MR) is 37.6 cm³/mol.